The third-order valence-electron chi connectivity index (χ3n) is 11.4. The van der Waals surface area contributed by atoms with E-state index in [2.05, 4.69) is 34.6 Å². The topological polar surface area (TPSA) is 18.5 Å². The zero-order chi connectivity index (χ0) is 21.7. The Labute approximate surface area is 187 Å². The molecule has 0 saturated heterocycles. The molecule has 2 heteroatoms. The minimum atomic E-state index is -0.315. The van der Waals surface area contributed by atoms with E-state index in [9.17, 15) is 0 Å². The maximum Gasteiger partial charge on any atom is 0.167 e. The zero-order valence-corrected chi connectivity index (χ0v) is 21.1. The maximum atomic E-state index is 5.90. The molecule has 0 aromatic carbocycles. The Kier molecular flexibility index (Phi) is 6.44. The number of ether oxygens (including phenoxy) is 2. The highest BCUT2D eigenvalue weighted by Gasteiger charge is 2.61. The second-order valence-corrected chi connectivity index (χ2v) is 12.9. The molecule has 0 aromatic rings. The summed E-state index contributed by atoms with van der Waals surface area (Å²) in [6.45, 7) is 12.7. The van der Waals surface area contributed by atoms with Crippen molar-refractivity contribution in [2.75, 3.05) is 14.2 Å². The quantitative estimate of drug-likeness (QED) is 0.411. The van der Waals surface area contributed by atoms with Crippen molar-refractivity contribution in [3.8, 4) is 0 Å². The predicted octanol–water partition coefficient (Wildman–Crippen LogP) is 7.71. The van der Waals surface area contributed by atoms with Gasteiger partial charge in [0.05, 0.1) is 0 Å². The van der Waals surface area contributed by atoms with E-state index in [1.165, 1.54) is 57.8 Å². The molecular formula is C28H50O2. The third kappa shape index (κ3) is 3.60. The predicted molar refractivity (Wildman–Crippen MR) is 125 cm³/mol. The van der Waals surface area contributed by atoms with Gasteiger partial charge in [-0.25, -0.2) is 0 Å². The van der Waals surface area contributed by atoms with Crippen LogP contribution in [0.25, 0.3) is 0 Å². The fourth-order valence-electron chi connectivity index (χ4n) is 9.42. The first-order valence-corrected chi connectivity index (χ1v) is 13.3. The standard InChI is InChI=1S/C28H50O2/c1-19(2)8-9-20(3)23-12-13-24-22-11-10-21-18-28(29-6,30-7)17-16-26(21,4)25(22)14-15-27(23,24)5/h19-25H,8-18H2,1-7H3/t20-,21+,22+,23-,24+,25+,26+,27-/m1/s1. The largest absolute Gasteiger partial charge is 0.353 e. The van der Waals surface area contributed by atoms with E-state index in [0.717, 1.165) is 54.3 Å². The van der Waals surface area contributed by atoms with Gasteiger partial charge in [0, 0.05) is 27.1 Å². The molecule has 4 aliphatic rings. The van der Waals surface area contributed by atoms with Crippen molar-refractivity contribution in [2.45, 2.75) is 111 Å². The summed E-state index contributed by atoms with van der Waals surface area (Å²) in [5, 5.41) is 0. The van der Waals surface area contributed by atoms with Crippen LogP contribution in [0.4, 0.5) is 0 Å². The molecule has 4 saturated carbocycles. The van der Waals surface area contributed by atoms with Crippen molar-refractivity contribution in [2.24, 2.45) is 52.3 Å². The van der Waals surface area contributed by atoms with Gasteiger partial charge in [0.25, 0.3) is 0 Å². The van der Waals surface area contributed by atoms with Crippen molar-refractivity contribution in [3.63, 3.8) is 0 Å². The van der Waals surface area contributed by atoms with Gasteiger partial charge in [0.15, 0.2) is 5.79 Å². The number of hydrogen-bond donors (Lipinski definition) is 0. The first-order chi connectivity index (χ1) is 14.2. The van der Waals surface area contributed by atoms with Gasteiger partial charge in [-0.15, -0.1) is 0 Å². The van der Waals surface area contributed by atoms with Crippen molar-refractivity contribution in [3.05, 3.63) is 0 Å². The average Bonchev–Trinajstić information content (AvgIpc) is 3.09. The molecule has 30 heavy (non-hydrogen) atoms. The van der Waals surface area contributed by atoms with Crippen LogP contribution in [0.1, 0.15) is 105 Å². The van der Waals surface area contributed by atoms with Crippen LogP contribution in [0, 0.1) is 52.3 Å². The SMILES string of the molecule is COC1(OC)CC[C@@]2(C)[C@@H](CC[C@@H]3[C@@H]2CC[C@]2(C)[C@@H]([C@H](C)CCC(C)C)CC[C@@H]32)C1. The molecule has 0 aromatic heterocycles. The molecule has 0 heterocycles. The van der Waals surface area contributed by atoms with Gasteiger partial charge in [-0.3, -0.25) is 0 Å². The summed E-state index contributed by atoms with van der Waals surface area (Å²) >= 11 is 0. The Morgan fingerprint density at radius 2 is 1.47 bits per heavy atom. The Morgan fingerprint density at radius 3 is 2.13 bits per heavy atom. The molecule has 8 atom stereocenters. The molecule has 0 amide bonds. The van der Waals surface area contributed by atoms with E-state index >= 15 is 0 Å². The van der Waals surface area contributed by atoms with Gasteiger partial charge in [-0.1, -0.05) is 47.5 Å². The molecule has 0 radical (unpaired) electrons. The molecule has 0 N–H and O–H groups in total. The lowest BCUT2D eigenvalue weighted by molar-refractivity contribution is -0.261. The lowest BCUT2D eigenvalue weighted by Crippen LogP contribution is -2.56. The Balaban J connectivity index is 1.50. The fraction of sp³-hybridized carbons (Fsp3) is 1.00. The minimum absolute atomic E-state index is 0.315. The molecule has 174 valence electrons. The summed E-state index contributed by atoms with van der Waals surface area (Å²) in [4.78, 5) is 0. The lowest BCUT2D eigenvalue weighted by atomic mass is 9.44. The number of rotatable bonds is 6. The van der Waals surface area contributed by atoms with Gasteiger partial charge < -0.3 is 9.47 Å². The number of fused-ring (bicyclic) bond motifs is 5. The minimum Gasteiger partial charge on any atom is -0.353 e. The third-order valence-corrected chi connectivity index (χ3v) is 11.4. The van der Waals surface area contributed by atoms with Crippen LogP contribution in [0.3, 0.4) is 0 Å². The van der Waals surface area contributed by atoms with Crippen LogP contribution in [0.15, 0.2) is 0 Å². The van der Waals surface area contributed by atoms with E-state index in [0.29, 0.717) is 10.8 Å². The first-order valence-electron chi connectivity index (χ1n) is 13.3. The molecular weight excluding hydrogens is 368 g/mol. The monoisotopic (exact) mass is 418 g/mol. The molecule has 4 aliphatic carbocycles. The molecule has 0 bridgehead atoms. The van der Waals surface area contributed by atoms with E-state index in [4.69, 9.17) is 9.47 Å². The molecule has 4 rings (SSSR count). The van der Waals surface area contributed by atoms with Crippen LogP contribution in [-0.4, -0.2) is 20.0 Å². The average molecular weight is 419 g/mol. The zero-order valence-electron chi connectivity index (χ0n) is 21.1. The molecule has 4 fully saturated rings. The van der Waals surface area contributed by atoms with E-state index in [1.54, 1.807) is 0 Å². The molecule has 0 aliphatic heterocycles. The summed E-state index contributed by atoms with van der Waals surface area (Å²) in [5.41, 5.74) is 1.12. The van der Waals surface area contributed by atoms with Gasteiger partial charge in [-0.05, 0) is 97.2 Å². The number of hydrogen-bond acceptors (Lipinski definition) is 2. The lowest BCUT2D eigenvalue weighted by Gasteiger charge is -2.62. The van der Waals surface area contributed by atoms with Crippen LogP contribution >= 0.6 is 0 Å². The van der Waals surface area contributed by atoms with E-state index < -0.39 is 0 Å². The summed E-state index contributed by atoms with van der Waals surface area (Å²) < 4.78 is 11.8. The van der Waals surface area contributed by atoms with Crippen LogP contribution in [-0.2, 0) is 9.47 Å². The van der Waals surface area contributed by atoms with Crippen molar-refractivity contribution >= 4 is 0 Å². The summed E-state index contributed by atoms with van der Waals surface area (Å²) in [5.74, 6) is 6.08. The normalized spacial score (nSPS) is 46.2. The van der Waals surface area contributed by atoms with Gasteiger partial charge in [-0.2, -0.15) is 0 Å². The van der Waals surface area contributed by atoms with Crippen molar-refractivity contribution in [1.29, 1.82) is 0 Å². The van der Waals surface area contributed by atoms with E-state index in [-0.39, 0.29) is 5.79 Å². The van der Waals surface area contributed by atoms with Gasteiger partial charge >= 0.3 is 0 Å². The second-order valence-electron chi connectivity index (χ2n) is 12.9. The smallest absolute Gasteiger partial charge is 0.167 e. The highest BCUT2D eigenvalue weighted by molar-refractivity contribution is 5.10. The number of methoxy groups -OCH3 is 2. The Morgan fingerprint density at radius 1 is 0.767 bits per heavy atom. The summed E-state index contributed by atoms with van der Waals surface area (Å²) in [7, 11) is 3.70. The van der Waals surface area contributed by atoms with Crippen LogP contribution < -0.4 is 0 Å². The van der Waals surface area contributed by atoms with Crippen LogP contribution in [0.2, 0.25) is 0 Å². The van der Waals surface area contributed by atoms with E-state index in [1.807, 2.05) is 14.2 Å². The highest BCUT2D eigenvalue weighted by atomic mass is 16.7. The summed E-state index contributed by atoms with van der Waals surface area (Å²) in [6, 6.07) is 0. The fourth-order valence-corrected chi connectivity index (χ4v) is 9.42. The maximum absolute atomic E-state index is 5.90. The Hall–Kier alpha value is -0.0800. The van der Waals surface area contributed by atoms with Crippen LogP contribution in [0.5, 0.6) is 0 Å². The first kappa shape index (κ1) is 23.1. The molecule has 0 spiro atoms. The van der Waals surface area contributed by atoms with Gasteiger partial charge in [0.2, 0.25) is 0 Å². The second kappa shape index (κ2) is 8.36. The highest BCUT2D eigenvalue weighted by Crippen LogP contribution is 2.69. The van der Waals surface area contributed by atoms with Crippen molar-refractivity contribution in [1.82, 2.24) is 0 Å². The van der Waals surface area contributed by atoms with Gasteiger partial charge in [0.1, 0.15) is 0 Å². The molecule has 2 nitrogen and oxygen atoms in total. The van der Waals surface area contributed by atoms with Crippen molar-refractivity contribution < 1.29 is 9.47 Å². The Bertz CT molecular complexity index is 595. The summed E-state index contributed by atoms with van der Waals surface area (Å²) in [6.07, 6.45) is 15.1. The molecule has 0 unspecified atom stereocenters.